The average Bonchev–Trinajstić information content (AvgIpc) is 3.24. The van der Waals surface area contributed by atoms with Crippen LogP contribution in [0, 0.1) is 5.92 Å². The number of nitrogens with one attached hydrogen (secondary N) is 2. The van der Waals surface area contributed by atoms with Crippen LogP contribution in [0.1, 0.15) is 77.1 Å². The number of anilines is 2. The maximum atomic E-state index is 13.5. The van der Waals surface area contributed by atoms with Crippen LogP contribution in [-0.4, -0.2) is 72.5 Å². The molecule has 1 heterocycles. The van der Waals surface area contributed by atoms with Crippen LogP contribution in [0.5, 0.6) is 0 Å². The van der Waals surface area contributed by atoms with Crippen LogP contribution >= 0.6 is 0 Å². The van der Waals surface area contributed by atoms with Crippen molar-refractivity contribution in [3.05, 3.63) is 23.8 Å². The summed E-state index contributed by atoms with van der Waals surface area (Å²) in [5, 5.41) is 6.10. The van der Waals surface area contributed by atoms with Gasteiger partial charge in [-0.2, -0.15) is 0 Å². The Kier molecular flexibility index (Phi) is 9.03. The van der Waals surface area contributed by atoms with Crippen LogP contribution in [0.25, 0.3) is 0 Å². The van der Waals surface area contributed by atoms with Gasteiger partial charge in [-0.15, -0.1) is 0 Å². The molecule has 0 aromatic heterocycles. The summed E-state index contributed by atoms with van der Waals surface area (Å²) in [5.74, 6) is 0.0766. The third kappa shape index (κ3) is 7.12. The Morgan fingerprint density at radius 1 is 0.971 bits per heavy atom. The minimum Gasteiger partial charge on any atom is -0.369 e. The fourth-order valence-corrected chi connectivity index (χ4v) is 4.94. The molecule has 0 unspecified atom stereocenters. The Balaban J connectivity index is 1.82. The monoisotopic (exact) mass is 485 g/mol. The highest BCUT2D eigenvalue weighted by Crippen LogP contribution is 2.29. The smallest absolute Gasteiger partial charge is 0.317 e. The molecule has 1 saturated heterocycles. The molecule has 8 heteroatoms. The molecule has 1 aliphatic heterocycles. The van der Waals surface area contributed by atoms with Gasteiger partial charge in [0.1, 0.15) is 0 Å². The van der Waals surface area contributed by atoms with Gasteiger partial charge in [-0.05, 0) is 72.1 Å². The molecule has 0 bridgehead atoms. The Labute approximate surface area is 210 Å². The molecule has 1 saturated carbocycles. The Hall–Kier alpha value is -2.77. The van der Waals surface area contributed by atoms with Crippen molar-refractivity contribution in [2.75, 3.05) is 49.5 Å². The lowest BCUT2D eigenvalue weighted by Crippen LogP contribution is -2.49. The highest BCUT2D eigenvalue weighted by molar-refractivity contribution is 6.02. The van der Waals surface area contributed by atoms with Crippen molar-refractivity contribution in [3.8, 4) is 0 Å². The van der Waals surface area contributed by atoms with Gasteiger partial charge in [-0.1, -0.05) is 12.8 Å². The lowest BCUT2D eigenvalue weighted by atomic mass is 10.1. The lowest BCUT2D eigenvalue weighted by molar-refractivity contribution is -0.119. The molecule has 0 spiro atoms. The predicted octanol–water partition coefficient (Wildman–Crippen LogP) is 4.32. The number of hydrogen-bond acceptors (Lipinski definition) is 4. The van der Waals surface area contributed by atoms with Gasteiger partial charge in [-0.3, -0.25) is 9.59 Å². The van der Waals surface area contributed by atoms with Gasteiger partial charge in [0.05, 0.1) is 5.56 Å². The molecule has 2 N–H and O–H groups in total. The number of nitrogens with zero attached hydrogens (tertiary/aromatic N) is 3. The molecule has 1 aliphatic carbocycles. The number of carbonyl (C=O) groups is 3. The number of carbonyl (C=O) groups excluding carboxylic acids is 3. The van der Waals surface area contributed by atoms with E-state index in [1.807, 2.05) is 62.6 Å². The van der Waals surface area contributed by atoms with E-state index in [-0.39, 0.29) is 29.3 Å². The van der Waals surface area contributed by atoms with Crippen molar-refractivity contribution >= 4 is 29.2 Å². The van der Waals surface area contributed by atoms with E-state index in [1.54, 1.807) is 0 Å². The summed E-state index contributed by atoms with van der Waals surface area (Å²) >= 11 is 0. The standard InChI is InChI=1S/C27H43N5O3/c1-6-30(7-2)25(34)22-19-21(28-24(33)20-11-8-9-12-20)13-14-23(22)31-15-10-16-32(18-17-31)26(35)29-27(3,4)5/h13-14,19-20H,6-12,15-18H2,1-5H3,(H,28,33)(H,29,35). The second-order valence-corrected chi connectivity index (χ2v) is 10.7. The van der Waals surface area contributed by atoms with E-state index in [4.69, 9.17) is 0 Å². The van der Waals surface area contributed by atoms with Gasteiger partial charge >= 0.3 is 6.03 Å². The molecular weight excluding hydrogens is 442 g/mol. The zero-order valence-electron chi connectivity index (χ0n) is 22.2. The molecule has 35 heavy (non-hydrogen) atoms. The highest BCUT2D eigenvalue weighted by atomic mass is 16.2. The van der Waals surface area contributed by atoms with Crippen LogP contribution in [-0.2, 0) is 4.79 Å². The number of urea groups is 1. The van der Waals surface area contributed by atoms with Crippen LogP contribution in [0.15, 0.2) is 18.2 Å². The van der Waals surface area contributed by atoms with Gasteiger partial charge in [0.25, 0.3) is 5.91 Å². The molecule has 2 fully saturated rings. The van der Waals surface area contributed by atoms with Crippen LogP contribution in [0.2, 0.25) is 0 Å². The molecule has 4 amide bonds. The molecule has 0 atom stereocenters. The number of hydrogen-bond donors (Lipinski definition) is 2. The fourth-order valence-electron chi connectivity index (χ4n) is 4.94. The molecule has 1 aromatic carbocycles. The van der Waals surface area contributed by atoms with Gasteiger partial charge in [0, 0.05) is 62.1 Å². The topological polar surface area (TPSA) is 85.0 Å². The summed E-state index contributed by atoms with van der Waals surface area (Å²) in [6.45, 7) is 13.8. The van der Waals surface area contributed by atoms with E-state index in [9.17, 15) is 14.4 Å². The van der Waals surface area contributed by atoms with E-state index in [0.29, 0.717) is 44.0 Å². The Morgan fingerprint density at radius 3 is 2.29 bits per heavy atom. The Bertz CT molecular complexity index is 901. The summed E-state index contributed by atoms with van der Waals surface area (Å²) in [7, 11) is 0. The molecule has 2 aliphatic rings. The highest BCUT2D eigenvalue weighted by Gasteiger charge is 2.27. The molecule has 8 nitrogen and oxygen atoms in total. The summed E-state index contributed by atoms with van der Waals surface area (Å²) < 4.78 is 0. The average molecular weight is 486 g/mol. The first-order chi connectivity index (χ1) is 16.6. The van der Waals surface area contributed by atoms with Crippen LogP contribution < -0.4 is 15.5 Å². The molecule has 3 rings (SSSR count). The molecule has 0 radical (unpaired) electrons. The summed E-state index contributed by atoms with van der Waals surface area (Å²) in [6, 6.07) is 5.63. The van der Waals surface area contributed by atoms with Crippen molar-refractivity contribution in [2.24, 2.45) is 5.92 Å². The number of benzene rings is 1. The summed E-state index contributed by atoms with van der Waals surface area (Å²) in [5.41, 5.74) is 1.84. The Morgan fingerprint density at radius 2 is 1.66 bits per heavy atom. The first kappa shape index (κ1) is 26.8. The van der Waals surface area contributed by atoms with Crippen LogP contribution in [0.3, 0.4) is 0 Å². The van der Waals surface area contributed by atoms with E-state index >= 15 is 0 Å². The largest absolute Gasteiger partial charge is 0.369 e. The summed E-state index contributed by atoms with van der Waals surface area (Å²) in [6.07, 6.45) is 4.88. The fraction of sp³-hybridized carbons (Fsp3) is 0.667. The maximum absolute atomic E-state index is 13.5. The second kappa shape index (κ2) is 11.8. The lowest BCUT2D eigenvalue weighted by Gasteiger charge is -2.29. The van der Waals surface area contributed by atoms with Gasteiger partial charge in [0.2, 0.25) is 5.91 Å². The van der Waals surface area contributed by atoms with Crippen molar-refractivity contribution in [3.63, 3.8) is 0 Å². The third-order valence-electron chi connectivity index (χ3n) is 6.88. The SMILES string of the molecule is CCN(CC)C(=O)c1cc(NC(=O)C2CCCC2)ccc1N1CCCN(C(=O)NC(C)(C)C)CC1. The zero-order chi connectivity index (χ0) is 25.6. The van der Waals surface area contributed by atoms with Gasteiger partial charge in [0.15, 0.2) is 0 Å². The zero-order valence-corrected chi connectivity index (χ0v) is 22.2. The summed E-state index contributed by atoms with van der Waals surface area (Å²) in [4.78, 5) is 44.8. The van der Waals surface area contributed by atoms with Gasteiger partial charge < -0.3 is 25.3 Å². The first-order valence-corrected chi connectivity index (χ1v) is 13.2. The first-order valence-electron chi connectivity index (χ1n) is 13.2. The van der Waals surface area contributed by atoms with Crippen LogP contribution in [0.4, 0.5) is 16.2 Å². The minimum absolute atomic E-state index is 0.0338. The van der Waals surface area contributed by atoms with Crippen molar-refractivity contribution < 1.29 is 14.4 Å². The van der Waals surface area contributed by atoms with Crippen molar-refractivity contribution in [2.45, 2.75) is 72.3 Å². The van der Waals surface area contributed by atoms with Crippen molar-refractivity contribution in [1.29, 1.82) is 0 Å². The minimum atomic E-state index is -0.287. The van der Waals surface area contributed by atoms with E-state index < -0.39 is 0 Å². The number of rotatable bonds is 6. The quantitative estimate of drug-likeness (QED) is 0.629. The molecular formula is C27H43N5O3. The third-order valence-corrected chi connectivity index (χ3v) is 6.88. The molecule has 194 valence electrons. The van der Waals surface area contributed by atoms with E-state index in [0.717, 1.165) is 44.3 Å². The second-order valence-electron chi connectivity index (χ2n) is 10.7. The van der Waals surface area contributed by atoms with E-state index in [2.05, 4.69) is 15.5 Å². The van der Waals surface area contributed by atoms with E-state index in [1.165, 1.54) is 0 Å². The predicted molar refractivity (Wildman–Crippen MR) is 141 cm³/mol. The van der Waals surface area contributed by atoms with Crippen molar-refractivity contribution in [1.82, 2.24) is 15.1 Å². The molecule has 1 aromatic rings. The van der Waals surface area contributed by atoms with Gasteiger partial charge in [-0.25, -0.2) is 4.79 Å². The normalized spacial score (nSPS) is 17.2. The number of amides is 4. The maximum Gasteiger partial charge on any atom is 0.317 e.